The maximum absolute atomic E-state index is 12.9. The Hall–Kier alpha value is -1.67. The predicted octanol–water partition coefficient (Wildman–Crippen LogP) is 0.317. The van der Waals surface area contributed by atoms with Crippen LogP contribution in [0.25, 0.3) is 0 Å². The van der Waals surface area contributed by atoms with Gasteiger partial charge in [-0.1, -0.05) is 27.2 Å². The van der Waals surface area contributed by atoms with Crippen molar-refractivity contribution in [3.05, 3.63) is 0 Å². The summed E-state index contributed by atoms with van der Waals surface area (Å²) in [6.07, 6.45) is 1.70. The lowest BCUT2D eigenvalue weighted by molar-refractivity contribution is -0.149. The lowest BCUT2D eigenvalue weighted by Gasteiger charge is -2.30. The minimum absolute atomic E-state index is 0.00565. The van der Waals surface area contributed by atoms with E-state index in [9.17, 15) is 19.5 Å². The van der Waals surface area contributed by atoms with Gasteiger partial charge in [0.05, 0.1) is 6.04 Å². The Labute approximate surface area is 148 Å². The molecule has 5 atom stereocenters. The first-order chi connectivity index (χ1) is 11.9. The largest absolute Gasteiger partial charge is 0.480 e. The smallest absolute Gasteiger partial charge is 0.326 e. The number of ether oxygens (including phenoxy) is 1. The zero-order valence-electron chi connectivity index (χ0n) is 15.2. The van der Waals surface area contributed by atoms with E-state index in [-0.39, 0.29) is 17.7 Å². The van der Waals surface area contributed by atoms with Gasteiger partial charge in [-0.2, -0.15) is 0 Å². The molecular weight excluding hydrogens is 326 g/mol. The lowest BCUT2D eigenvalue weighted by Crippen LogP contribution is -2.54. The molecule has 2 rings (SSSR count). The number of carboxylic acid groups (broad SMARTS) is 1. The minimum Gasteiger partial charge on any atom is -0.480 e. The molecule has 0 aromatic carbocycles. The maximum Gasteiger partial charge on any atom is 0.326 e. The summed E-state index contributed by atoms with van der Waals surface area (Å²) in [5.74, 6) is -1.36. The Morgan fingerprint density at radius 3 is 2.64 bits per heavy atom. The zero-order valence-corrected chi connectivity index (χ0v) is 15.2. The van der Waals surface area contributed by atoms with Gasteiger partial charge < -0.3 is 20.1 Å². The second kappa shape index (κ2) is 8.62. The van der Waals surface area contributed by atoms with Gasteiger partial charge in [0, 0.05) is 13.1 Å². The van der Waals surface area contributed by atoms with Crippen molar-refractivity contribution >= 4 is 17.8 Å². The normalized spacial score (nSPS) is 27.6. The summed E-state index contributed by atoms with van der Waals surface area (Å²) in [7, 11) is 0. The standard InChI is InChI=1S/C17H29N3O5/c1-4-8-18-14(21)13-15(25-13)19-12(10(3)5-2)16(22)20-9-6-7-11(20)17(23)24/h10-13,15,19H,4-9H2,1-3H3,(H,18,21)(H,23,24)/t10-,11-,12-,13+,15-/m0/s1. The summed E-state index contributed by atoms with van der Waals surface area (Å²) in [6, 6.07) is -1.32. The van der Waals surface area contributed by atoms with E-state index in [4.69, 9.17) is 4.74 Å². The molecule has 0 saturated carbocycles. The number of carboxylic acids is 1. The second-order valence-electron chi connectivity index (χ2n) is 6.83. The van der Waals surface area contributed by atoms with Crippen molar-refractivity contribution in [1.29, 1.82) is 0 Å². The van der Waals surface area contributed by atoms with Gasteiger partial charge in [0.25, 0.3) is 5.91 Å². The molecule has 0 aliphatic carbocycles. The van der Waals surface area contributed by atoms with Gasteiger partial charge in [0.1, 0.15) is 12.3 Å². The molecule has 142 valence electrons. The van der Waals surface area contributed by atoms with Crippen LogP contribution in [0.5, 0.6) is 0 Å². The molecule has 0 bridgehead atoms. The van der Waals surface area contributed by atoms with E-state index in [0.29, 0.717) is 25.9 Å². The number of hydrogen-bond acceptors (Lipinski definition) is 5. The minimum atomic E-state index is -0.965. The van der Waals surface area contributed by atoms with Gasteiger partial charge in [0.2, 0.25) is 5.91 Å². The molecule has 0 aromatic rings. The van der Waals surface area contributed by atoms with Crippen molar-refractivity contribution in [3.63, 3.8) is 0 Å². The van der Waals surface area contributed by atoms with Crippen molar-refractivity contribution in [2.75, 3.05) is 13.1 Å². The van der Waals surface area contributed by atoms with E-state index in [1.807, 2.05) is 20.8 Å². The van der Waals surface area contributed by atoms with Crippen LogP contribution < -0.4 is 10.6 Å². The molecule has 25 heavy (non-hydrogen) atoms. The van der Waals surface area contributed by atoms with Crippen LogP contribution in [0.15, 0.2) is 0 Å². The van der Waals surface area contributed by atoms with Crippen LogP contribution >= 0.6 is 0 Å². The van der Waals surface area contributed by atoms with E-state index in [0.717, 1.165) is 12.8 Å². The van der Waals surface area contributed by atoms with Crippen LogP contribution in [0.4, 0.5) is 0 Å². The van der Waals surface area contributed by atoms with Gasteiger partial charge in [-0.25, -0.2) is 4.79 Å². The summed E-state index contributed by atoms with van der Waals surface area (Å²) in [5, 5.41) is 15.2. The molecule has 0 radical (unpaired) electrons. The molecular formula is C17H29N3O5. The molecule has 3 N–H and O–H groups in total. The molecule has 2 amide bonds. The fourth-order valence-corrected chi connectivity index (χ4v) is 3.14. The van der Waals surface area contributed by atoms with Gasteiger partial charge in [-0.3, -0.25) is 14.9 Å². The number of carbonyl (C=O) groups excluding carboxylic acids is 2. The first kappa shape index (κ1) is 19.7. The fourth-order valence-electron chi connectivity index (χ4n) is 3.14. The summed E-state index contributed by atoms with van der Waals surface area (Å²) < 4.78 is 5.38. The molecule has 2 saturated heterocycles. The number of likely N-dealkylation sites (tertiary alicyclic amines) is 1. The maximum atomic E-state index is 12.9. The predicted molar refractivity (Wildman–Crippen MR) is 90.7 cm³/mol. The second-order valence-corrected chi connectivity index (χ2v) is 6.83. The van der Waals surface area contributed by atoms with Crippen LogP contribution in [0.3, 0.4) is 0 Å². The first-order valence-corrected chi connectivity index (χ1v) is 9.13. The van der Waals surface area contributed by atoms with Crippen molar-refractivity contribution in [2.45, 2.75) is 70.9 Å². The van der Waals surface area contributed by atoms with Crippen molar-refractivity contribution in [2.24, 2.45) is 5.92 Å². The van der Waals surface area contributed by atoms with Crippen LogP contribution in [-0.2, 0) is 19.1 Å². The molecule has 8 heteroatoms. The third-order valence-electron chi connectivity index (χ3n) is 4.94. The van der Waals surface area contributed by atoms with Gasteiger partial charge in [-0.15, -0.1) is 0 Å². The Balaban J connectivity index is 1.99. The first-order valence-electron chi connectivity index (χ1n) is 9.13. The van der Waals surface area contributed by atoms with E-state index < -0.39 is 30.4 Å². The van der Waals surface area contributed by atoms with E-state index >= 15 is 0 Å². The van der Waals surface area contributed by atoms with Crippen LogP contribution in [0.2, 0.25) is 0 Å². The third kappa shape index (κ3) is 4.70. The Bertz CT molecular complexity index is 513. The fraction of sp³-hybridized carbons (Fsp3) is 0.824. The highest BCUT2D eigenvalue weighted by molar-refractivity contribution is 5.88. The number of aliphatic carboxylic acids is 1. The molecule has 0 spiro atoms. The highest BCUT2D eigenvalue weighted by atomic mass is 16.6. The number of hydrogen-bond donors (Lipinski definition) is 3. The van der Waals surface area contributed by atoms with Crippen molar-refractivity contribution < 1.29 is 24.2 Å². The SMILES string of the molecule is CCCNC(=O)[C@H]1O[C@@H]1N[C@H](C(=O)N1CCC[C@H]1C(=O)O)[C@@H](C)CC. The number of epoxide rings is 1. The topological polar surface area (TPSA) is 111 Å². The number of carbonyl (C=O) groups is 3. The molecule has 2 aliphatic rings. The highest BCUT2D eigenvalue weighted by Gasteiger charge is 2.48. The van der Waals surface area contributed by atoms with E-state index in [2.05, 4.69) is 10.6 Å². The van der Waals surface area contributed by atoms with E-state index in [1.54, 1.807) is 0 Å². The van der Waals surface area contributed by atoms with Crippen LogP contribution in [-0.4, -0.2) is 65.3 Å². The molecule has 0 aromatic heterocycles. The molecule has 2 heterocycles. The zero-order chi connectivity index (χ0) is 18.6. The Morgan fingerprint density at radius 1 is 1.32 bits per heavy atom. The third-order valence-corrected chi connectivity index (χ3v) is 4.94. The Morgan fingerprint density at radius 2 is 2.04 bits per heavy atom. The van der Waals surface area contributed by atoms with Gasteiger partial charge in [-0.05, 0) is 25.2 Å². The van der Waals surface area contributed by atoms with Crippen molar-refractivity contribution in [1.82, 2.24) is 15.5 Å². The summed E-state index contributed by atoms with van der Waals surface area (Å²) >= 11 is 0. The quantitative estimate of drug-likeness (QED) is 0.514. The monoisotopic (exact) mass is 355 g/mol. The number of nitrogens with zero attached hydrogens (tertiary/aromatic N) is 1. The molecule has 2 fully saturated rings. The molecule has 8 nitrogen and oxygen atoms in total. The number of amides is 2. The summed E-state index contributed by atoms with van der Waals surface area (Å²) in [5.41, 5.74) is 0. The summed E-state index contributed by atoms with van der Waals surface area (Å²) in [6.45, 7) is 6.93. The number of nitrogens with one attached hydrogen (secondary N) is 2. The van der Waals surface area contributed by atoms with Gasteiger partial charge in [0.15, 0.2) is 6.10 Å². The lowest BCUT2D eigenvalue weighted by atomic mass is 9.97. The average molecular weight is 355 g/mol. The summed E-state index contributed by atoms with van der Waals surface area (Å²) in [4.78, 5) is 37.6. The average Bonchev–Trinajstić information content (AvgIpc) is 3.19. The van der Waals surface area contributed by atoms with Crippen molar-refractivity contribution in [3.8, 4) is 0 Å². The molecule has 2 aliphatic heterocycles. The molecule has 0 unspecified atom stereocenters. The van der Waals surface area contributed by atoms with Crippen LogP contribution in [0, 0.1) is 5.92 Å². The van der Waals surface area contributed by atoms with E-state index in [1.165, 1.54) is 4.90 Å². The van der Waals surface area contributed by atoms with Crippen LogP contribution in [0.1, 0.15) is 46.5 Å². The number of rotatable bonds is 9. The van der Waals surface area contributed by atoms with Gasteiger partial charge >= 0.3 is 5.97 Å². The highest BCUT2D eigenvalue weighted by Crippen LogP contribution is 2.25. The Kier molecular flexibility index (Phi) is 6.78.